The van der Waals surface area contributed by atoms with Gasteiger partial charge in [-0.1, -0.05) is 18.2 Å². The molecule has 0 aliphatic carbocycles. The van der Waals surface area contributed by atoms with Crippen LogP contribution in [0.5, 0.6) is 0 Å². The van der Waals surface area contributed by atoms with Gasteiger partial charge in [-0.25, -0.2) is 4.39 Å². The molecule has 100 valence electrons. The minimum absolute atomic E-state index is 0.270. The molecule has 3 aromatic rings. The molecule has 5 heteroatoms. The molecule has 0 spiro atoms. The van der Waals surface area contributed by atoms with E-state index >= 15 is 0 Å². The summed E-state index contributed by atoms with van der Waals surface area (Å²) in [4.78, 5) is 4.14. The smallest absolute Gasteiger partial charge is 0.153 e. The fourth-order valence-electron chi connectivity index (χ4n) is 2.19. The highest BCUT2D eigenvalue weighted by Crippen LogP contribution is 2.35. The average molecular weight is 268 g/mol. The van der Waals surface area contributed by atoms with Crippen LogP contribution in [0, 0.1) is 12.7 Å². The standard InChI is InChI=1S/C15H13FN4/c1-9-6-10(8-18-7-9)14-13(15(17)20-19-14)11-4-2-3-5-12(11)16/h2-8H,1H3,(H3,17,19,20). The topological polar surface area (TPSA) is 67.6 Å². The molecule has 20 heavy (non-hydrogen) atoms. The first-order chi connectivity index (χ1) is 9.66. The second-order valence-corrected chi connectivity index (χ2v) is 4.59. The predicted molar refractivity (Wildman–Crippen MR) is 76.4 cm³/mol. The van der Waals surface area contributed by atoms with Crippen LogP contribution in [0.2, 0.25) is 0 Å². The lowest BCUT2D eigenvalue weighted by atomic mass is 10.0. The Morgan fingerprint density at radius 1 is 1.20 bits per heavy atom. The van der Waals surface area contributed by atoms with Gasteiger partial charge >= 0.3 is 0 Å². The van der Waals surface area contributed by atoms with Crippen LogP contribution in [-0.2, 0) is 0 Å². The van der Waals surface area contributed by atoms with E-state index in [0.29, 0.717) is 16.8 Å². The first-order valence-electron chi connectivity index (χ1n) is 6.17. The molecular formula is C15H13FN4. The summed E-state index contributed by atoms with van der Waals surface area (Å²) in [6, 6.07) is 8.44. The fraction of sp³-hybridized carbons (Fsp3) is 0.0667. The number of aryl methyl sites for hydroxylation is 1. The molecule has 0 saturated carbocycles. The first-order valence-corrected chi connectivity index (χ1v) is 6.17. The zero-order valence-corrected chi connectivity index (χ0v) is 10.9. The third-order valence-electron chi connectivity index (χ3n) is 3.10. The lowest BCUT2D eigenvalue weighted by molar-refractivity contribution is 0.631. The van der Waals surface area contributed by atoms with Crippen molar-refractivity contribution in [3.8, 4) is 22.4 Å². The second-order valence-electron chi connectivity index (χ2n) is 4.59. The van der Waals surface area contributed by atoms with E-state index in [1.165, 1.54) is 6.07 Å². The molecule has 2 heterocycles. The van der Waals surface area contributed by atoms with Gasteiger partial charge in [0.15, 0.2) is 5.82 Å². The number of hydrogen-bond acceptors (Lipinski definition) is 3. The van der Waals surface area contributed by atoms with Gasteiger partial charge in [-0.05, 0) is 24.6 Å². The number of hydrogen-bond donors (Lipinski definition) is 2. The summed E-state index contributed by atoms with van der Waals surface area (Å²) in [5.74, 6) is -0.0610. The molecule has 0 aliphatic heterocycles. The molecule has 4 nitrogen and oxygen atoms in total. The van der Waals surface area contributed by atoms with Crippen molar-refractivity contribution in [3.63, 3.8) is 0 Å². The van der Waals surface area contributed by atoms with E-state index in [1.54, 1.807) is 30.6 Å². The number of aromatic amines is 1. The van der Waals surface area contributed by atoms with E-state index in [0.717, 1.165) is 11.1 Å². The number of aromatic nitrogens is 3. The van der Waals surface area contributed by atoms with Gasteiger partial charge in [0, 0.05) is 23.5 Å². The number of nitrogens with zero attached hydrogens (tertiary/aromatic N) is 2. The van der Waals surface area contributed by atoms with Gasteiger partial charge in [-0.15, -0.1) is 0 Å². The van der Waals surface area contributed by atoms with Gasteiger partial charge in [-0.3, -0.25) is 10.1 Å². The van der Waals surface area contributed by atoms with Crippen LogP contribution in [0.3, 0.4) is 0 Å². The maximum Gasteiger partial charge on any atom is 0.153 e. The zero-order chi connectivity index (χ0) is 14.1. The molecule has 3 rings (SSSR count). The minimum Gasteiger partial charge on any atom is -0.382 e. The van der Waals surface area contributed by atoms with Gasteiger partial charge in [0.2, 0.25) is 0 Å². The van der Waals surface area contributed by atoms with Crippen LogP contribution in [0.1, 0.15) is 5.56 Å². The van der Waals surface area contributed by atoms with E-state index in [2.05, 4.69) is 15.2 Å². The molecule has 0 radical (unpaired) electrons. The summed E-state index contributed by atoms with van der Waals surface area (Å²) in [7, 11) is 0. The Hall–Kier alpha value is -2.69. The van der Waals surface area contributed by atoms with Crippen LogP contribution in [0.15, 0.2) is 42.7 Å². The predicted octanol–water partition coefficient (Wildman–Crippen LogP) is 3.17. The van der Waals surface area contributed by atoms with Crippen LogP contribution in [-0.4, -0.2) is 15.2 Å². The highest BCUT2D eigenvalue weighted by molar-refractivity contribution is 5.87. The minimum atomic E-state index is -0.331. The summed E-state index contributed by atoms with van der Waals surface area (Å²) in [5, 5.41) is 6.86. The van der Waals surface area contributed by atoms with Crippen molar-refractivity contribution in [2.45, 2.75) is 6.92 Å². The van der Waals surface area contributed by atoms with Crippen LogP contribution >= 0.6 is 0 Å². The first kappa shape index (κ1) is 12.3. The Balaban J connectivity index is 2.23. The van der Waals surface area contributed by atoms with E-state index in [4.69, 9.17) is 5.73 Å². The maximum absolute atomic E-state index is 14.0. The number of rotatable bonds is 2. The Morgan fingerprint density at radius 2 is 2.00 bits per heavy atom. The molecule has 0 amide bonds. The van der Waals surface area contributed by atoms with Crippen molar-refractivity contribution in [2.24, 2.45) is 0 Å². The summed E-state index contributed by atoms with van der Waals surface area (Å²) in [6.45, 7) is 1.94. The monoisotopic (exact) mass is 268 g/mol. The van der Waals surface area contributed by atoms with Crippen LogP contribution < -0.4 is 5.73 Å². The number of nitrogen functional groups attached to an aromatic ring is 1. The Kier molecular flexibility index (Phi) is 2.95. The zero-order valence-electron chi connectivity index (χ0n) is 10.9. The summed E-state index contributed by atoms with van der Waals surface area (Å²) in [5.41, 5.74) is 9.39. The van der Waals surface area contributed by atoms with Crippen molar-refractivity contribution in [1.82, 2.24) is 15.2 Å². The highest BCUT2D eigenvalue weighted by Gasteiger charge is 2.17. The molecule has 0 aliphatic rings. The molecule has 2 aromatic heterocycles. The molecular weight excluding hydrogens is 255 g/mol. The highest BCUT2D eigenvalue weighted by atomic mass is 19.1. The molecule has 0 fully saturated rings. The summed E-state index contributed by atoms with van der Waals surface area (Å²) in [6.07, 6.45) is 3.45. The third kappa shape index (κ3) is 2.03. The molecule has 0 unspecified atom stereocenters. The van der Waals surface area contributed by atoms with E-state index < -0.39 is 0 Å². The number of H-pyrrole nitrogens is 1. The number of benzene rings is 1. The lowest BCUT2D eigenvalue weighted by Gasteiger charge is -2.06. The van der Waals surface area contributed by atoms with Gasteiger partial charge in [0.1, 0.15) is 5.82 Å². The van der Waals surface area contributed by atoms with Crippen molar-refractivity contribution < 1.29 is 4.39 Å². The molecule has 0 bridgehead atoms. The van der Waals surface area contributed by atoms with Crippen LogP contribution in [0.25, 0.3) is 22.4 Å². The Bertz CT molecular complexity index is 764. The average Bonchev–Trinajstić information content (AvgIpc) is 2.81. The second kappa shape index (κ2) is 4.77. The van der Waals surface area contributed by atoms with Gasteiger partial charge in [-0.2, -0.15) is 5.10 Å². The van der Waals surface area contributed by atoms with Gasteiger partial charge in [0.05, 0.1) is 11.3 Å². The number of nitrogens with two attached hydrogens (primary N) is 1. The lowest BCUT2D eigenvalue weighted by Crippen LogP contribution is -1.92. The number of pyridine rings is 1. The Morgan fingerprint density at radius 3 is 2.75 bits per heavy atom. The van der Waals surface area contributed by atoms with E-state index in [9.17, 15) is 4.39 Å². The van der Waals surface area contributed by atoms with Crippen molar-refractivity contribution in [2.75, 3.05) is 5.73 Å². The quantitative estimate of drug-likeness (QED) is 0.750. The molecule has 1 aromatic carbocycles. The van der Waals surface area contributed by atoms with Gasteiger partial charge in [0.25, 0.3) is 0 Å². The third-order valence-corrected chi connectivity index (χ3v) is 3.10. The van der Waals surface area contributed by atoms with E-state index in [-0.39, 0.29) is 11.6 Å². The summed E-state index contributed by atoms with van der Waals surface area (Å²) < 4.78 is 14.0. The number of halogens is 1. The van der Waals surface area contributed by atoms with Crippen molar-refractivity contribution in [3.05, 3.63) is 54.1 Å². The molecule has 0 saturated heterocycles. The summed E-state index contributed by atoms with van der Waals surface area (Å²) >= 11 is 0. The van der Waals surface area contributed by atoms with E-state index in [1.807, 2.05) is 13.0 Å². The van der Waals surface area contributed by atoms with Gasteiger partial charge < -0.3 is 5.73 Å². The Labute approximate surface area is 115 Å². The fourth-order valence-corrected chi connectivity index (χ4v) is 2.19. The van der Waals surface area contributed by atoms with Crippen molar-refractivity contribution >= 4 is 5.82 Å². The molecule has 0 atom stereocenters. The number of nitrogens with one attached hydrogen (secondary N) is 1. The number of anilines is 1. The maximum atomic E-state index is 14.0. The molecule has 3 N–H and O–H groups in total. The SMILES string of the molecule is Cc1cncc(-c2[nH]nc(N)c2-c2ccccc2F)c1. The largest absolute Gasteiger partial charge is 0.382 e. The normalized spacial score (nSPS) is 10.7. The van der Waals surface area contributed by atoms with Crippen molar-refractivity contribution in [1.29, 1.82) is 0 Å². The van der Waals surface area contributed by atoms with Crippen LogP contribution in [0.4, 0.5) is 10.2 Å².